The molecule has 0 bridgehead atoms. The Balaban J connectivity index is 1.72. The van der Waals surface area contributed by atoms with Crippen molar-refractivity contribution in [3.8, 4) is 11.3 Å². The number of aromatic nitrogens is 3. The van der Waals surface area contributed by atoms with E-state index in [1.54, 1.807) is 17.3 Å². The van der Waals surface area contributed by atoms with Crippen molar-refractivity contribution in [2.75, 3.05) is 18.0 Å². The van der Waals surface area contributed by atoms with E-state index in [4.69, 9.17) is 4.74 Å². The lowest BCUT2D eigenvalue weighted by molar-refractivity contribution is 0.0547. The van der Waals surface area contributed by atoms with E-state index in [2.05, 4.69) is 9.97 Å². The maximum atomic E-state index is 13.6. The Kier molecular flexibility index (Phi) is 4.74. The Labute approximate surface area is 167 Å². The second kappa shape index (κ2) is 7.11. The number of aliphatic hydroxyl groups excluding tert-OH is 1. The smallest absolute Gasteiger partial charge is 0.419 e. The van der Waals surface area contributed by atoms with Crippen LogP contribution in [0.1, 0.15) is 20.8 Å². The summed E-state index contributed by atoms with van der Waals surface area (Å²) in [5.74, 6) is 0.341. The number of benzene rings is 1. The van der Waals surface area contributed by atoms with E-state index in [-0.39, 0.29) is 13.1 Å². The Hall–Kier alpha value is -3.00. The summed E-state index contributed by atoms with van der Waals surface area (Å²) in [6.07, 6.45) is 0.353. The van der Waals surface area contributed by atoms with Crippen molar-refractivity contribution in [2.45, 2.75) is 38.6 Å². The Morgan fingerprint density at radius 2 is 1.90 bits per heavy atom. The molecular formula is C21H23FN4O3. The van der Waals surface area contributed by atoms with Crippen LogP contribution in [0.15, 0.2) is 42.7 Å². The summed E-state index contributed by atoms with van der Waals surface area (Å²) in [5.41, 5.74) is 1.33. The summed E-state index contributed by atoms with van der Waals surface area (Å²) in [5, 5.41) is 10.5. The highest BCUT2D eigenvalue weighted by Crippen LogP contribution is 2.29. The number of hydrogen-bond donors (Lipinski definition) is 1. The molecule has 1 aliphatic rings. The monoisotopic (exact) mass is 398 g/mol. The molecule has 0 spiro atoms. The summed E-state index contributed by atoms with van der Waals surface area (Å²) >= 11 is 0. The molecule has 152 valence electrons. The number of nitrogens with zero attached hydrogens (tertiary/aromatic N) is 4. The highest BCUT2D eigenvalue weighted by atomic mass is 19.1. The number of β-amino-alcohol motifs (C(OH)–C–C–N with tert-alkyl or cyclic N) is 1. The molecule has 7 nitrogen and oxygen atoms in total. The topological polar surface area (TPSA) is 80.5 Å². The fraction of sp³-hybridized carbons (Fsp3) is 0.381. The highest BCUT2D eigenvalue weighted by molar-refractivity contribution is 5.96. The van der Waals surface area contributed by atoms with Crippen LogP contribution < -0.4 is 4.90 Å². The van der Waals surface area contributed by atoms with Crippen molar-refractivity contribution >= 4 is 22.9 Å². The van der Waals surface area contributed by atoms with Crippen LogP contribution in [0.2, 0.25) is 0 Å². The van der Waals surface area contributed by atoms with Gasteiger partial charge in [-0.1, -0.05) is 18.2 Å². The number of alkyl halides is 1. The van der Waals surface area contributed by atoms with Crippen LogP contribution in [-0.2, 0) is 4.74 Å². The number of hydrogen-bond acceptors (Lipinski definition) is 6. The highest BCUT2D eigenvalue weighted by Gasteiger charge is 2.32. The van der Waals surface area contributed by atoms with Crippen molar-refractivity contribution in [1.82, 2.24) is 14.5 Å². The predicted molar refractivity (Wildman–Crippen MR) is 108 cm³/mol. The number of aliphatic hydroxyl groups is 1. The van der Waals surface area contributed by atoms with Gasteiger partial charge in [0, 0.05) is 29.9 Å². The average molecular weight is 398 g/mol. The van der Waals surface area contributed by atoms with Crippen LogP contribution in [0.4, 0.5) is 15.1 Å². The second-order valence-electron chi connectivity index (χ2n) is 8.16. The van der Waals surface area contributed by atoms with E-state index < -0.39 is 24.0 Å². The van der Waals surface area contributed by atoms with Gasteiger partial charge < -0.3 is 14.7 Å². The minimum atomic E-state index is -1.31. The normalized spacial score (nSPS) is 19.7. The molecule has 1 N–H and O–H groups in total. The summed E-state index contributed by atoms with van der Waals surface area (Å²) in [7, 11) is 0. The molecule has 0 aliphatic carbocycles. The minimum absolute atomic E-state index is 0.0543. The van der Waals surface area contributed by atoms with E-state index in [1.165, 1.54) is 4.57 Å². The lowest BCUT2D eigenvalue weighted by atomic mass is 10.2. The molecule has 8 heteroatoms. The van der Waals surface area contributed by atoms with Gasteiger partial charge in [0.15, 0.2) is 0 Å². The molecule has 29 heavy (non-hydrogen) atoms. The number of carbonyl (C=O) groups excluding carboxylic acids is 1. The lowest BCUT2D eigenvalue weighted by Gasteiger charge is -2.21. The number of para-hydroxylation sites is 1. The first-order valence-corrected chi connectivity index (χ1v) is 9.46. The standard InChI is InChI=1S/C21H23FN4O3/c1-21(2,3)29-20(28)26-16-7-5-4-6-13(16)8-17(26)14-9-23-19(24-10-14)25-11-15(22)18(27)12-25/h4-10,15,18,27H,11-12H2,1-3H3. The van der Waals surface area contributed by atoms with Crippen LogP contribution in [0.25, 0.3) is 22.2 Å². The van der Waals surface area contributed by atoms with Crippen molar-refractivity contribution < 1.29 is 19.0 Å². The van der Waals surface area contributed by atoms with Gasteiger partial charge in [-0.15, -0.1) is 0 Å². The van der Waals surface area contributed by atoms with Gasteiger partial charge >= 0.3 is 6.09 Å². The van der Waals surface area contributed by atoms with Crippen LogP contribution in [-0.4, -0.2) is 56.7 Å². The quantitative estimate of drug-likeness (QED) is 0.713. The fourth-order valence-corrected chi connectivity index (χ4v) is 3.40. The minimum Gasteiger partial charge on any atom is -0.443 e. The zero-order valence-corrected chi connectivity index (χ0v) is 16.5. The largest absolute Gasteiger partial charge is 0.443 e. The molecule has 0 saturated carbocycles. The van der Waals surface area contributed by atoms with Gasteiger partial charge in [-0.25, -0.2) is 23.7 Å². The van der Waals surface area contributed by atoms with Crippen molar-refractivity contribution in [1.29, 1.82) is 0 Å². The maximum Gasteiger partial charge on any atom is 0.419 e. The first kappa shape index (κ1) is 19.3. The molecule has 1 fully saturated rings. The fourth-order valence-electron chi connectivity index (χ4n) is 3.40. The Morgan fingerprint density at radius 1 is 1.21 bits per heavy atom. The van der Waals surface area contributed by atoms with Gasteiger partial charge in [-0.05, 0) is 32.9 Å². The predicted octanol–water partition coefficient (Wildman–Crippen LogP) is 3.40. The van der Waals surface area contributed by atoms with E-state index in [9.17, 15) is 14.3 Å². The summed E-state index contributed by atoms with van der Waals surface area (Å²) in [6, 6.07) is 9.41. The van der Waals surface area contributed by atoms with Crippen LogP contribution in [0.3, 0.4) is 0 Å². The zero-order chi connectivity index (χ0) is 20.8. The molecular weight excluding hydrogens is 375 g/mol. The molecule has 1 aliphatic heterocycles. The molecule has 3 heterocycles. The Bertz CT molecular complexity index is 1030. The molecule has 0 amide bonds. The third-order valence-electron chi connectivity index (χ3n) is 4.72. The van der Waals surface area contributed by atoms with Gasteiger partial charge in [0.25, 0.3) is 0 Å². The molecule has 2 aromatic heterocycles. The van der Waals surface area contributed by atoms with E-state index in [1.807, 2.05) is 51.1 Å². The van der Waals surface area contributed by atoms with Crippen LogP contribution >= 0.6 is 0 Å². The number of anilines is 1. The first-order valence-electron chi connectivity index (χ1n) is 9.46. The summed E-state index contributed by atoms with van der Waals surface area (Å²) in [6.45, 7) is 5.65. The second-order valence-corrected chi connectivity index (χ2v) is 8.16. The van der Waals surface area contributed by atoms with Crippen molar-refractivity contribution in [3.63, 3.8) is 0 Å². The van der Waals surface area contributed by atoms with E-state index in [0.29, 0.717) is 17.2 Å². The molecule has 1 aromatic carbocycles. The van der Waals surface area contributed by atoms with Gasteiger partial charge in [0.05, 0.1) is 17.8 Å². The summed E-state index contributed by atoms with van der Waals surface area (Å²) in [4.78, 5) is 23.1. The number of halogens is 1. The lowest BCUT2D eigenvalue weighted by Crippen LogP contribution is -2.27. The number of rotatable bonds is 2. The average Bonchev–Trinajstić information content (AvgIpc) is 3.21. The third kappa shape index (κ3) is 3.80. The van der Waals surface area contributed by atoms with Crippen LogP contribution in [0, 0.1) is 0 Å². The van der Waals surface area contributed by atoms with E-state index in [0.717, 1.165) is 10.9 Å². The molecule has 2 atom stereocenters. The molecule has 2 unspecified atom stereocenters. The van der Waals surface area contributed by atoms with Gasteiger partial charge in [0.1, 0.15) is 17.9 Å². The van der Waals surface area contributed by atoms with Crippen LogP contribution in [0.5, 0.6) is 0 Å². The maximum absolute atomic E-state index is 13.6. The SMILES string of the molecule is CC(C)(C)OC(=O)n1c(-c2cnc(N3CC(O)C(F)C3)nc2)cc2ccccc21. The van der Waals surface area contributed by atoms with Gasteiger partial charge in [-0.3, -0.25) is 0 Å². The molecule has 3 aromatic rings. The van der Waals surface area contributed by atoms with Crippen molar-refractivity contribution in [3.05, 3.63) is 42.7 Å². The Morgan fingerprint density at radius 3 is 2.52 bits per heavy atom. The number of carbonyl (C=O) groups is 1. The number of fused-ring (bicyclic) bond motifs is 1. The first-order chi connectivity index (χ1) is 13.7. The molecule has 1 saturated heterocycles. The van der Waals surface area contributed by atoms with Gasteiger partial charge in [0.2, 0.25) is 5.95 Å². The molecule has 4 rings (SSSR count). The number of ether oxygens (including phenoxy) is 1. The zero-order valence-electron chi connectivity index (χ0n) is 16.5. The van der Waals surface area contributed by atoms with Crippen molar-refractivity contribution in [2.24, 2.45) is 0 Å². The third-order valence-corrected chi connectivity index (χ3v) is 4.72. The molecule has 0 radical (unpaired) electrons. The van der Waals surface area contributed by atoms with E-state index >= 15 is 0 Å². The summed E-state index contributed by atoms with van der Waals surface area (Å²) < 4.78 is 20.7. The van der Waals surface area contributed by atoms with Gasteiger partial charge in [-0.2, -0.15) is 0 Å².